The van der Waals surface area contributed by atoms with E-state index >= 15 is 0 Å². The van der Waals surface area contributed by atoms with Gasteiger partial charge in [0, 0.05) is 11.9 Å². The zero-order chi connectivity index (χ0) is 11.5. The van der Waals surface area contributed by atoms with Gasteiger partial charge in [0.2, 0.25) is 0 Å². The molecule has 1 heterocycles. The van der Waals surface area contributed by atoms with Crippen molar-refractivity contribution in [3.05, 3.63) is 29.6 Å². The Morgan fingerprint density at radius 3 is 2.60 bits per heavy atom. The highest BCUT2D eigenvalue weighted by Gasteiger charge is 2.15. The van der Waals surface area contributed by atoms with Crippen LogP contribution >= 0.6 is 0 Å². The Bertz CT molecular complexity index is 424. The molecule has 1 aromatic heterocycles. The highest BCUT2D eigenvalue weighted by molar-refractivity contribution is 7.91. The molecule has 1 rings (SSSR count). The van der Waals surface area contributed by atoms with Crippen LogP contribution in [0, 0.1) is 6.92 Å². The first kappa shape index (κ1) is 12.2. The van der Waals surface area contributed by atoms with Crippen LogP contribution in [0.15, 0.2) is 18.3 Å². The van der Waals surface area contributed by atoms with Crippen molar-refractivity contribution in [3.63, 3.8) is 0 Å². The fourth-order valence-corrected chi connectivity index (χ4v) is 2.25. The molecule has 0 saturated heterocycles. The summed E-state index contributed by atoms with van der Waals surface area (Å²) in [7, 11) is -2.93. The Morgan fingerprint density at radius 1 is 1.40 bits per heavy atom. The van der Waals surface area contributed by atoms with E-state index in [1.54, 1.807) is 20.0 Å². The van der Waals surface area contributed by atoms with Gasteiger partial charge in [-0.15, -0.1) is 0 Å². The second-order valence-corrected chi connectivity index (χ2v) is 6.65. The average molecular weight is 227 g/mol. The highest BCUT2D eigenvalue weighted by atomic mass is 32.2. The van der Waals surface area contributed by atoms with Gasteiger partial charge in [-0.25, -0.2) is 8.42 Å². The molecule has 0 spiro atoms. The van der Waals surface area contributed by atoms with Crippen LogP contribution in [0.1, 0.15) is 25.1 Å². The lowest BCUT2D eigenvalue weighted by atomic mass is 10.2. The van der Waals surface area contributed by atoms with Gasteiger partial charge in [-0.3, -0.25) is 4.98 Å². The van der Waals surface area contributed by atoms with Gasteiger partial charge in [0.15, 0.2) is 9.84 Å². The Kier molecular flexibility index (Phi) is 3.85. The second-order valence-electron chi connectivity index (χ2n) is 3.97. The third-order valence-electron chi connectivity index (χ3n) is 2.35. The lowest BCUT2D eigenvalue weighted by Gasteiger charge is -2.07. The predicted molar refractivity (Wildman–Crippen MR) is 61.6 cm³/mol. The van der Waals surface area contributed by atoms with Crippen LogP contribution in [0.4, 0.5) is 0 Å². The maximum absolute atomic E-state index is 11.6. The number of hydrogen-bond acceptors (Lipinski definition) is 3. The lowest BCUT2D eigenvalue weighted by Crippen LogP contribution is -2.19. The first-order chi connectivity index (χ1) is 6.92. The van der Waals surface area contributed by atoms with Crippen LogP contribution in [-0.4, -0.2) is 24.4 Å². The molecule has 0 aromatic carbocycles. The fourth-order valence-electron chi connectivity index (χ4n) is 1.26. The van der Waals surface area contributed by atoms with Crippen LogP contribution in [0.3, 0.4) is 0 Å². The Balaban J connectivity index is 2.66. The molecule has 0 saturated carbocycles. The van der Waals surface area contributed by atoms with E-state index in [2.05, 4.69) is 4.98 Å². The zero-order valence-electron chi connectivity index (χ0n) is 9.40. The van der Waals surface area contributed by atoms with Crippen molar-refractivity contribution in [2.24, 2.45) is 0 Å². The Morgan fingerprint density at radius 2 is 2.07 bits per heavy atom. The quantitative estimate of drug-likeness (QED) is 0.787. The van der Waals surface area contributed by atoms with Crippen molar-refractivity contribution in [1.82, 2.24) is 4.98 Å². The maximum Gasteiger partial charge on any atom is 0.152 e. The van der Waals surface area contributed by atoms with Gasteiger partial charge in [-0.1, -0.05) is 0 Å². The van der Waals surface area contributed by atoms with Crippen LogP contribution in [0.2, 0.25) is 0 Å². The molecule has 0 atom stereocenters. The Hall–Kier alpha value is -0.900. The van der Waals surface area contributed by atoms with E-state index in [0.29, 0.717) is 6.42 Å². The van der Waals surface area contributed by atoms with Gasteiger partial charge in [0.25, 0.3) is 0 Å². The van der Waals surface area contributed by atoms with Crippen LogP contribution in [0.25, 0.3) is 0 Å². The standard InChI is InChI=1S/C11H17NO2S/c1-9(2)15(13,14)7-5-11-4-6-12-10(3)8-11/h4,6,8-9H,5,7H2,1-3H3. The van der Waals surface area contributed by atoms with Gasteiger partial charge in [0.05, 0.1) is 11.0 Å². The van der Waals surface area contributed by atoms with E-state index in [1.165, 1.54) is 0 Å². The largest absolute Gasteiger partial charge is 0.262 e. The number of pyridine rings is 1. The van der Waals surface area contributed by atoms with Gasteiger partial charge in [-0.2, -0.15) is 0 Å². The van der Waals surface area contributed by atoms with Crippen LogP contribution < -0.4 is 0 Å². The Labute approximate surface area is 91.5 Å². The molecular weight excluding hydrogens is 210 g/mol. The summed E-state index contributed by atoms with van der Waals surface area (Å²) in [5.41, 5.74) is 1.96. The molecule has 4 heteroatoms. The summed E-state index contributed by atoms with van der Waals surface area (Å²) < 4.78 is 23.1. The van der Waals surface area contributed by atoms with E-state index in [-0.39, 0.29) is 11.0 Å². The van der Waals surface area contributed by atoms with E-state index in [0.717, 1.165) is 11.3 Å². The molecule has 0 fully saturated rings. The predicted octanol–water partition coefficient (Wildman–Crippen LogP) is 1.76. The van der Waals surface area contributed by atoms with Crippen molar-refractivity contribution in [2.45, 2.75) is 32.4 Å². The number of hydrogen-bond donors (Lipinski definition) is 0. The lowest BCUT2D eigenvalue weighted by molar-refractivity contribution is 0.586. The second kappa shape index (κ2) is 4.75. The molecule has 0 amide bonds. The molecule has 15 heavy (non-hydrogen) atoms. The van der Waals surface area contributed by atoms with E-state index in [4.69, 9.17) is 0 Å². The van der Waals surface area contributed by atoms with Crippen molar-refractivity contribution >= 4 is 9.84 Å². The number of aryl methyl sites for hydroxylation is 2. The summed E-state index contributed by atoms with van der Waals surface area (Å²) in [5, 5.41) is -0.291. The topological polar surface area (TPSA) is 47.0 Å². The molecule has 0 bridgehead atoms. The van der Waals surface area contributed by atoms with Crippen LogP contribution in [-0.2, 0) is 16.3 Å². The highest BCUT2D eigenvalue weighted by Crippen LogP contribution is 2.07. The number of sulfone groups is 1. The molecule has 0 unspecified atom stereocenters. The first-order valence-corrected chi connectivity index (χ1v) is 6.76. The van der Waals surface area contributed by atoms with Crippen molar-refractivity contribution in [1.29, 1.82) is 0 Å². The summed E-state index contributed by atoms with van der Waals surface area (Å²) in [6.07, 6.45) is 2.29. The summed E-state index contributed by atoms with van der Waals surface area (Å²) in [6, 6.07) is 3.79. The third-order valence-corrected chi connectivity index (χ3v) is 4.56. The van der Waals surface area contributed by atoms with E-state index in [1.807, 2.05) is 19.1 Å². The molecule has 0 aliphatic heterocycles. The van der Waals surface area contributed by atoms with E-state index < -0.39 is 9.84 Å². The van der Waals surface area contributed by atoms with Gasteiger partial charge >= 0.3 is 0 Å². The zero-order valence-corrected chi connectivity index (χ0v) is 10.2. The SMILES string of the molecule is Cc1cc(CCS(=O)(=O)C(C)C)ccn1. The average Bonchev–Trinajstić information content (AvgIpc) is 2.15. The summed E-state index contributed by atoms with van der Waals surface area (Å²) in [4.78, 5) is 4.07. The maximum atomic E-state index is 11.6. The normalized spacial score (nSPS) is 12.0. The molecule has 0 aliphatic carbocycles. The molecule has 0 radical (unpaired) electrons. The molecular formula is C11H17NO2S. The van der Waals surface area contributed by atoms with Gasteiger partial charge in [0.1, 0.15) is 0 Å². The van der Waals surface area contributed by atoms with Crippen molar-refractivity contribution < 1.29 is 8.42 Å². The first-order valence-electron chi connectivity index (χ1n) is 5.05. The summed E-state index contributed by atoms with van der Waals surface area (Å²) in [5.74, 6) is 0.216. The molecule has 84 valence electrons. The molecule has 0 N–H and O–H groups in total. The fraction of sp³-hybridized carbons (Fsp3) is 0.545. The van der Waals surface area contributed by atoms with Crippen molar-refractivity contribution in [2.75, 3.05) is 5.75 Å². The molecule has 0 aliphatic rings. The van der Waals surface area contributed by atoms with E-state index in [9.17, 15) is 8.42 Å². The monoisotopic (exact) mass is 227 g/mol. The molecule has 1 aromatic rings. The minimum atomic E-state index is -2.93. The minimum Gasteiger partial charge on any atom is -0.262 e. The van der Waals surface area contributed by atoms with Gasteiger partial charge < -0.3 is 0 Å². The number of rotatable bonds is 4. The molecule has 3 nitrogen and oxygen atoms in total. The summed E-state index contributed by atoms with van der Waals surface area (Å²) >= 11 is 0. The minimum absolute atomic E-state index is 0.216. The smallest absolute Gasteiger partial charge is 0.152 e. The van der Waals surface area contributed by atoms with Crippen molar-refractivity contribution in [3.8, 4) is 0 Å². The van der Waals surface area contributed by atoms with Crippen LogP contribution in [0.5, 0.6) is 0 Å². The number of nitrogens with zero attached hydrogens (tertiary/aromatic N) is 1. The third kappa shape index (κ3) is 3.63. The van der Waals surface area contributed by atoms with Gasteiger partial charge in [-0.05, 0) is 44.9 Å². The summed E-state index contributed by atoms with van der Waals surface area (Å²) in [6.45, 7) is 5.33. The number of aromatic nitrogens is 1.